The smallest absolute Gasteiger partial charge is 0.0199 e. The van der Waals surface area contributed by atoms with Crippen LogP contribution in [0.15, 0.2) is 23.3 Å². The van der Waals surface area contributed by atoms with Crippen LogP contribution in [0, 0.1) is 11.8 Å². The minimum Gasteiger partial charge on any atom is -0.0825 e. The van der Waals surface area contributed by atoms with Gasteiger partial charge in [-0.3, -0.25) is 0 Å². The maximum atomic E-state index is 2.34. The Morgan fingerprint density at radius 2 is 1.00 bits per heavy atom. The highest BCUT2D eigenvalue weighted by atomic mass is 14.1. The van der Waals surface area contributed by atoms with Crippen LogP contribution in [0.3, 0.4) is 0 Å². The third-order valence-electron chi connectivity index (χ3n) is 2.02. The first-order valence-corrected chi connectivity index (χ1v) is 4.73. The average Bonchev–Trinajstić information content (AvgIpc) is 1.84. The molecule has 0 N–H and O–H groups in total. The van der Waals surface area contributed by atoms with Crippen LogP contribution in [-0.2, 0) is 0 Å². The van der Waals surface area contributed by atoms with Crippen LogP contribution in [0.1, 0.15) is 41.5 Å². The lowest BCUT2D eigenvalue weighted by atomic mass is 9.92. The summed E-state index contributed by atoms with van der Waals surface area (Å²) < 4.78 is 0. The average molecular weight is 166 g/mol. The molecule has 0 aromatic heterocycles. The van der Waals surface area contributed by atoms with Crippen LogP contribution in [-0.4, -0.2) is 0 Å². The Balaban J connectivity index is 4.20. The van der Waals surface area contributed by atoms with E-state index in [-0.39, 0.29) is 0 Å². The zero-order valence-corrected chi connectivity index (χ0v) is 9.31. The standard InChI is InChI=1S/C12H22/c1-9(2)7-11(5)12(6)8-10(3)4/h7-8,11-12H,1-6H3. The first kappa shape index (κ1) is 11.5. The van der Waals surface area contributed by atoms with E-state index in [4.69, 9.17) is 0 Å². The number of hydrogen-bond donors (Lipinski definition) is 0. The second kappa shape index (κ2) is 5.18. The van der Waals surface area contributed by atoms with Crippen molar-refractivity contribution < 1.29 is 0 Å². The van der Waals surface area contributed by atoms with E-state index in [1.807, 2.05) is 0 Å². The van der Waals surface area contributed by atoms with Crippen molar-refractivity contribution in [2.75, 3.05) is 0 Å². The molecule has 0 aliphatic rings. The summed E-state index contributed by atoms with van der Waals surface area (Å²) in [6.45, 7) is 13.2. The summed E-state index contributed by atoms with van der Waals surface area (Å²) in [5.41, 5.74) is 2.83. The van der Waals surface area contributed by atoms with Gasteiger partial charge in [0.1, 0.15) is 0 Å². The van der Waals surface area contributed by atoms with Crippen molar-refractivity contribution in [1.82, 2.24) is 0 Å². The van der Waals surface area contributed by atoms with E-state index in [1.165, 1.54) is 11.1 Å². The van der Waals surface area contributed by atoms with Crippen molar-refractivity contribution in [3.63, 3.8) is 0 Å². The van der Waals surface area contributed by atoms with Crippen molar-refractivity contribution >= 4 is 0 Å². The molecule has 0 heterocycles. The fourth-order valence-electron chi connectivity index (χ4n) is 1.36. The maximum absolute atomic E-state index is 2.34. The molecule has 0 nitrogen and oxygen atoms in total. The molecule has 0 amide bonds. The minimum atomic E-state index is 0.657. The lowest BCUT2D eigenvalue weighted by Crippen LogP contribution is -2.02. The van der Waals surface area contributed by atoms with Crippen LogP contribution in [0.4, 0.5) is 0 Å². The molecule has 0 aromatic carbocycles. The molecule has 0 aromatic rings. The molecule has 0 spiro atoms. The molecule has 0 aliphatic heterocycles. The Kier molecular flexibility index (Phi) is 4.96. The Labute approximate surface area is 77.4 Å². The fourth-order valence-corrected chi connectivity index (χ4v) is 1.36. The maximum Gasteiger partial charge on any atom is -0.0199 e. The Morgan fingerprint density at radius 3 is 1.17 bits per heavy atom. The SMILES string of the molecule is CC(C)=CC(C)C(C)C=C(C)C. The van der Waals surface area contributed by atoms with E-state index in [1.54, 1.807) is 0 Å². The van der Waals surface area contributed by atoms with Gasteiger partial charge < -0.3 is 0 Å². The summed E-state index contributed by atoms with van der Waals surface area (Å²) in [4.78, 5) is 0. The van der Waals surface area contributed by atoms with Gasteiger partial charge in [-0.15, -0.1) is 0 Å². The highest BCUT2D eigenvalue weighted by Crippen LogP contribution is 2.17. The molecule has 0 radical (unpaired) electrons. The summed E-state index contributed by atoms with van der Waals surface area (Å²) in [6, 6.07) is 0. The predicted octanol–water partition coefficient (Wildman–Crippen LogP) is 4.19. The fraction of sp³-hybridized carbons (Fsp3) is 0.667. The summed E-state index contributed by atoms with van der Waals surface area (Å²) in [6.07, 6.45) is 4.67. The normalized spacial score (nSPS) is 14.8. The summed E-state index contributed by atoms with van der Waals surface area (Å²) in [5.74, 6) is 1.31. The third kappa shape index (κ3) is 5.17. The van der Waals surface area contributed by atoms with E-state index in [2.05, 4.69) is 53.7 Å². The van der Waals surface area contributed by atoms with Gasteiger partial charge in [-0.05, 0) is 39.5 Å². The second-order valence-corrected chi connectivity index (χ2v) is 4.21. The van der Waals surface area contributed by atoms with Crippen LogP contribution in [0.25, 0.3) is 0 Å². The molecule has 2 unspecified atom stereocenters. The summed E-state index contributed by atoms with van der Waals surface area (Å²) >= 11 is 0. The highest BCUT2D eigenvalue weighted by Gasteiger charge is 2.05. The molecule has 2 atom stereocenters. The largest absolute Gasteiger partial charge is 0.0825 e. The van der Waals surface area contributed by atoms with Crippen LogP contribution in [0.5, 0.6) is 0 Å². The van der Waals surface area contributed by atoms with Crippen LogP contribution >= 0.6 is 0 Å². The quantitative estimate of drug-likeness (QED) is 0.551. The van der Waals surface area contributed by atoms with Gasteiger partial charge in [0.05, 0.1) is 0 Å². The topological polar surface area (TPSA) is 0 Å². The summed E-state index contributed by atoms with van der Waals surface area (Å²) in [7, 11) is 0. The lowest BCUT2D eigenvalue weighted by molar-refractivity contribution is 0.552. The van der Waals surface area contributed by atoms with E-state index in [0.717, 1.165) is 0 Å². The predicted molar refractivity (Wildman–Crippen MR) is 57.2 cm³/mol. The molecule has 12 heavy (non-hydrogen) atoms. The van der Waals surface area contributed by atoms with Crippen molar-refractivity contribution in [2.24, 2.45) is 11.8 Å². The Hall–Kier alpha value is -0.520. The van der Waals surface area contributed by atoms with Gasteiger partial charge in [0.25, 0.3) is 0 Å². The van der Waals surface area contributed by atoms with Gasteiger partial charge in [0.2, 0.25) is 0 Å². The lowest BCUT2D eigenvalue weighted by Gasteiger charge is -2.13. The first-order valence-electron chi connectivity index (χ1n) is 4.73. The molecule has 0 aliphatic carbocycles. The molecule has 0 heteroatoms. The molecular weight excluding hydrogens is 144 g/mol. The number of rotatable bonds is 3. The second-order valence-electron chi connectivity index (χ2n) is 4.21. The molecule has 0 saturated carbocycles. The number of allylic oxidation sites excluding steroid dienone is 4. The zero-order valence-electron chi connectivity index (χ0n) is 9.31. The van der Waals surface area contributed by atoms with E-state index in [9.17, 15) is 0 Å². The Morgan fingerprint density at radius 1 is 0.750 bits per heavy atom. The molecule has 0 fully saturated rings. The molecule has 0 saturated heterocycles. The first-order chi connectivity index (χ1) is 5.43. The van der Waals surface area contributed by atoms with Gasteiger partial charge in [-0.2, -0.15) is 0 Å². The third-order valence-corrected chi connectivity index (χ3v) is 2.02. The van der Waals surface area contributed by atoms with Crippen LogP contribution < -0.4 is 0 Å². The van der Waals surface area contributed by atoms with Crippen molar-refractivity contribution in [1.29, 1.82) is 0 Å². The van der Waals surface area contributed by atoms with Crippen molar-refractivity contribution in [3.05, 3.63) is 23.3 Å². The van der Waals surface area contributed by atoms with E-state index in [0.29, 0.717) is 11.8 Å². The molecule has 0 rings (SSSR count). The van der Waals surface area contributed by atoms with E-state index < -0.39 is 0 Å². The zero-order chi connectivity index (χ0) is 9.72. The van der Waals surface area contributed by atoms with Gasteiger partial charge in [-0.25, -0.2) is 0 Å². The van der Waals surface area contributed by atoms with Crippen molar-refractivity contribution in [2.45, 2.75) is 41.5 Å². The molecule has 0 bridgehead atoms. The monoisotopic (exact) mass is 166 g/mol. The minimum absolute atomic E-state index is 0.657. The van der Waals surface area contributed by atoms with Crippen LogP contribution in [0.2, 0.25) is 0 Å². The number of hydrogen-bond acceptors (Lipinski definition) is 0. The van der Waals surface area contributed by atoms with Gasteiger partial charge >= 0.3 is 0 Å². The highest BCUT2D eigenvalue weighted by molar-refractivity contribution is 5.04. The molecular formula is C12H22. The molecule has 70 valence electrons. The van der Waals surface area contributed by atoms with Gasteiger partial charge in [0.15, 0.2) is 0 Å². The Bertz CT molecular complexity index is 154. The van der Waals surface area contributed by atoms with E-state index >= 15 is 0 Å². The summed E-state index contributed by atoms with van der Waals surface area (Å²) in [5, 5.41) is 0. The van der Waals surface area contributed by atoms with Gasteiger partial charge in [-0.1, -0.05) is 37.1 Å². The van der Waals surface area contributed by atoms with Crippen molar-refractivity contribution in [3.8, 4) is 0 Å². The van der Waals surface area contributed by atoms with Gasteiger partial charge in [0, 0.05) is 0 Å².